The van der Waals surface area contributed by atoms with Crippen LogP contribution in [0.4, 0.5) is 0 Å². The number of hydrogen-bond donors (Lipinski definition) is 0. The summed E-state index contributed by atoms with van der Waals surface area (Å²) in [5.74, 6) is 0. The maximum absolute atomic E-state index is 5.38. The minimum atomic E-state index is -5.38. The zero-order valence-corrected chi connectivity index (χ0v) is 12.7. The third kappa shape index (κ3) is 57.7. The van der Waals surface area contributed by atoms with Crippen LogP contribution >= 0.6 is 57.8 Å². The van der Waals surface area contributed by atoms with Crippen LogP contribution in [0.3, 0.4) is 0 Å². The molecule has 0 atom stereocenters. The molecule has 0 aromatic heterocycles. The monoisotopic (exact) mass is 425 g/mol. The topological polar surface area (TPSA) is 0 Å². The molecule has 0 bridgehead atoms. The van der Waals surface area contributed by atoms with Gasteiger partial charge < -0.3 is 0 Å². The smallest absolute Gasteiger partial charge is 0 e. The number of hydrogen-bond acceptors (Lipinski definition) is 0. The van der Waals surface area contributed by atoms with Crippen molar-refractivity contribution in [2.45, 2.75) is 0 Å². The molecular formula is Cl6NaOs. The van der Waals surface area contributed by atoms with Crippen molar-refractivity contribution in [3.63, 3.8) is 0 Å². The summed E-state index contributed by atoms with van der Waals surface area (Å²) in [7, 11) is 30.4. The predicted octanol–water partition coefficient (Wildman–Crippen LogP) is 3.75. The quantitative estimate of drug-likeness (QED) is 0.518. The van der Waals surface area contributed by atoms with Crippen molar-refractivity contribution in [2.24, 2.45) is 0 Å². The van der Waals surface area contributed by atoms with Crippen molar-refractivity contribution in [1.29, 1.82) is 0 Å². The molecule has 0 amide bonds. The predicted molar refractivity (Wildman–Crippen MR) is 40.9 cm³/mol. The van der Waals surface area contributed by atoms with Crippen molar-refractivity contribution in [3.8, 4) is 0 Å². The van der Waals surface area contributed by atoms with Crippen molar-refractivity contribution >= 4 is 87.4 Å². The number of halogens is 6. The zero-order valence-electron chi connectivity index (χ0n) is 3.62. The summed E-state index contributed by atoms with van der Waals surface area (Å²) in [6.45, 7) is -5.38. The first kappa shape index (κ1) is 13.9. The van der Waals surface area contributed by atoms with Crippen molar-refractivity contribution in [3.05, 3.63) is 0 Å². The molecule has 0 nitrogen and oxygen atoms in total. The summed E-state index contributed by atoms with van der Waals surface area (Å²) in [6.07, 6.45) is 0. The fraction of sp³-hybridized carbons (Fsp3) is 0. The van der Waals surface area contributed by atoms with Gasteiger partial charge in [-0.2, -0.15) is 0 Å². The Kier molecular flexibility index (Phi) is 4.70. The van der Waals surface area contributed by atoms with Gasteiger partial charge in [-0.25, -0.2) is 0 Å². The van der Waals surface area contributed by atoms with Crippen LogP contribution in [-0.2, 0) is 6.64 Å². The van der Waals surface area contributed by atoms with Gasteiger partial charge in [0.15, 0.2) is 0 Å². The van der Waals surface area contributed by atoms with Crippen LogP contribution < -0.4 is 0 Å². The van der Waals surface area contributed by atoms with Crippen LogP contribution in [0.25, 0.3) is 0 Å². The molecule has 0 spiro atoms. The zero-order chi connectivity index (χ0) is 6.41. The summed E-state index contributed by atoms with van der Waals surface area (Å²) in [5.41, 5.74) is 0. The Bertz CT molecular complexity index is 67.1. The van der Waals surface area contributed by atoms with E-state index in [9.17, 15) is 0 Å². The summed E-state index contributed by atoms with van der Waals surface area (Å²) >= 11 is 0. The molecule has 0 aromatic carbocycles. The second-order valence-corrected chi connectivity index (χ2v) is 55.8. The van der Waals surface area contributed by atoms with E-state index in [1.165, 1.54) is 0 Å². The van der Waals surface area contributed by atoms with Crippen LogP contribution in [0.5, 0.6) is 0 Å². The van der Waals surface area contributed by atoms with Crippen molar-refractivity contribution in [2.75, 3.05) is 0 Å². The molecule has 1 radical (unpaired) electrons. The van der Waals surface area contributed by atoms with E-state index < -0.39 is 6.64 Å². The Hall–Kier alpha value is 3.38. The minimum absolute atomic E-state index is 0. The molecule has 8 heavy (non-hydrogen) atoms. The maximum atomic E-state index is 5.06. The fourth-order valence-corrected chi connectivity index (χ4v) is 0. The average molecular weight is 426 g/mol. The third-order valence-corrected chi connectivity index (χ3v) is 0. The van der Waals surface area contributed by atoms with Gasteiger partial charge in [0, 0.05) is 29.6 Å². The Morgan fingerprint density at radius 2 is 0.625 bits per heavy atom. The molecule has 0 heterocycles. The summed E-state index contributed by atoms with van der Waals surface area (Å²) in [4.78, 5) is 0. The molecule has 0 saturated heterocycles. The van der Waals surface area contributed by atoms with Crippen molar-refractivity contribution in [1.82, 2.24) is 0 Å². The molecule has 0 saturated carbocycles. The molecular weight excluding hydrogens is 426 g/mol. The molecule has 8 heteroatoms. The Labute approximate surface area is 92.1 Å². The number of rotatable bonds is 0. The van der Waals surface area contributed by atoms with Gasteiger partial charge in [-0.1, -0.05) is 0 Å². The Morgan fingerprint density at radius 3 is 0.625 bits per heavy atom. The third-order valence-electron chi connectivity index (χ3n) is 0. The fourth-order valence-electron chi connectivity index (χ4n) is 0. The van der Waals surface area contributed by atoms with Gasteiger partial charge in [-0.05, 0) is 0 Å². The molecule has 0 aromatic rings. The first-order chi connectivity index (χ1) is 2.45. The molecule has 0 rings (SSSR count). The van der Waals surface area contributed by atoms with Crippen LogP contribution in [0.15, 0.2) is 0 Å². The summed E-state index contributed by atoms with van der Waals surface area (Å²) in [5, 5.41) is 0. The van der Waals surface area contributed by atoms with E-state index in [1.54, 1.807) is 0 Å². The molecule has 0 N–H and O–H groups in total. The second kappa shape index (κ2) is 2.70. The SMILES string of the molecule is [Cl][Os]([Cl])([Cl])([Cl])([Cl])[Cl].[Na]. The maximum Gasteiger partial charge on any atom is 0 e. The first-order valence-corrected chi connectivity index (χ1v) is 19.7. The van der Waals surface area contributed by atoms with Gasteiger partial charge in [-0.15, -0.1) is 0 Å². The summed E-state index contributed by atoms with van der Waals surface area (Å²) < 4.78 is 0. The van der Waals surface area contributed by atoms with Crippen LogP contribution in [0.1, 0.15) is 0 Å². The van der Waals surface area contributed by atoms with E-state index in [-0.39, 0.29) is 29.6 Å². The van der Waals surface area contributed by atoms with E-state index in [0.29, 0.717) is 0 Å². The summed E-state index contributed by atoms with van der Waals surface area (Å²) in [6, 6.07) is 0. The second-order valence-electron chi connectivity index (χ2n) is 0.758. The normalized spacial score (nSPS) is 20.2. The van der Waals surface area contributed by atoms with Crippen LogP contribution in [0.2, 0.25) is 0 Å². The molecule has 0 unspecified atom stereocenters. The van der Waals surface area contributed by atoms with E-state index in [4.69, 9.17) is 57.8 Å². The largest absolute Gasteiger partial charge is 0 e. The molecule has 0 fully saturated rings. The van der Waals surface area contributed by atoms with Crippen LogP contribution in [-0.4, -0.2) is 29.6 Å². The van der Waals surface area contributed by atoms with Gasteiger partial charge in [0.05, 0.1) is 0 Å². The first-order valence-electron chi connectivity index (χ1n) is 0.802. The Balaban J connectivity index is 0. The molecule has 0 aliphatic heterocycles. The van der Waals surface area contributed by atoms with Gasteiger partial charge in [0.25, 0.3) is 0 Å². The van der Waals surface area contributed by atoms with Crippen LogP contribution in [0, 0.1) is 0 Å². The molecule has 51 valence electrons. The minimum Gasteiger partial charge on any atom is 0 e. The van der Waals surface area contributed by atoms with Gasteiger partial charge in [-0.3, -0.25) is 0 Å². The van der Waals surface area contributed by atoms with E-state index in [1.807, 2.05) is 0 Å². The van der Waals surface area contributed by atoms with Crippen molar-refractivity contribution < 1.29 is 6.64 Å². The molecule has 0 aliphatic carbocycles. The van der Waals surface area contributed by atoms with Gasteiger partial charge >= 0.3 is 64.5 Å². The molecule has 0 aliphatic rings. The average Bonchev–Trinajstić information content (AvgIpc) is 0.592. The van der Waals surface area contributed by atoms with Gasteiger partial charge in [0.2, 0.25) is 0 Å². The van der Waals surface area contributed by atoms with E-state index >= 15 is 0 Å². The van der Waals surface area contributed by atoms with E-state index in [0.717, 1.165) is 0 Å². The standard InChI is InChI=1S/6ClH.Na.Os/h6*1H;;/q;;;;;;;+6/p-6. The van der Waals surface area contributed by atoms with Gasteiger partial charge in [0.1, 0.15) is 0 Å². The Morgan fingerprint density at radius 1 is 0.625 bits per heavy atom. The van der Waals surface area contributed by atoms with E-state index in [2.05, 4.69) is 0 Å².